The molecule has 1 aromatic carbocycles. The molecule has 0 spiro atoms. The second-order valence-electron chi connectivity index (χ2n) is 5.56. The third kappa shape index (κ3) is 3.46. The number of nitrogens with one attached hydrogen (secondary N) is 2. The maximum atomic E-state index is 12.9. The van der Waals surface area contributed by atoms with Crippen molar-refractivity contribution in [1.82, 2.24) is 0 Å². The first-order valence-corrected chi connectivity index (χ1v) is 7.23. The summed E-state index contributed by atoms with van der Waals surface area (Å²) >= 11 is 0. The van der Waals surface area contributed by atoms with Gasteiger partial charge in [-0.15, -0.1) is 0 Å². The van der Waals surface area contributed by atoms with E-state index in [4.69, 9.17) is 4.42 Å². The van der Waals surface area contributed by atoms with Crippen LogP contribution in [-0.4, -0.2) is 26.2 Å². The Morgan fingerprint density at radius 1 is 0.900 bits per heavy atom. The standard InChI is InChI=1S/C16H19FN2O/c17-15-5-3-14(4-6-15)12-18-7-9-19(10-8-18)13-16-2-1-11-20-16/h1-6,11H,7-10,12-13H2/p+2. The molecule has 1 aliphatic heterocycles. The Kier molecular flexibility index (Phi) is 4.14. The zero-order valence-corrected chi connectivity index (χ0v) is 11.6. The van der Waals surface area contributed by atoms with Crippen LogP contribution in [0.25, 0.3) is 0 Å². The molecule has 2 N–H and O–H groups in total. The molecule has 0 aliphatic carbocycles. The van der Waals surface area contributed by atoms with Crippen molar-refractivity contribution >= 4 is 0 Å². The Labute approximate surface area is 118 Å². The monoisotopic (exact) mass is 276 g/mol. The molecule has 0 amide bonds. The van der Waals surface area contributed by atoms with E-state index < -0.39 is 0 Å². The summed E-state index contributed by atoms with van der Waals surface area (Å²) in [6.45, 7) is 6.63. The molecule has 1 aliphatic rings. The largest absolute Gasteiger partial charge is 0.463 e. The molecule has 4 heteroatoms. The topological polar surface area (TPSA) is 22.0 Å². The van der Waals surface area contributed by atoms with Gasteiger partial charge in [0.15, 0.2) is 5.76 Å². The Hall–Kier alpha value is -1.65. The third-order valence-corrected chi connectivity index (χ3v) is 4.04. The van der Waals surface area contributed by atoms with Gasteiger partial charge in [-0.05, 0) is 24.3 Å². The molecule has 3 rings (SSSR count). The van der Waals surface area contributed by atoms with Gasteiger partial charge in [0, 0.05) is 5.56 Å². The van der Waals surface area contributed by atoms with Crippen LogP contribution in [0.2, 0.25) is 0 Å². The first kappa shape index (κ1) is 13.3. The number of piperazine rings is 1. The van der Waals surface area contributed by atoms with E-state index >= 15 is 0 Å². The predicted octanol–water partition coefficient (Wildman–Crippen LogP) is -0.0977. The van der Waals surface area contributed by atoms with Crippen molar-refractivity contribution in [3.05, 3.63) is 59.8 Å². The van der Waals surface area contributed by atoms with Crippen LogP contribution in [0.15, 0.2) is 47.1 Å². The fourth-order valence-corrected chi connectivity index (χ4v) is 2.86. The van der Waals surface area contributed by atoms with E-state index in [1.54, 1.807) is 28.2 Å². The summed E-state index contributed by atoms with van der Waals surface area (Å²) in [6.07, 6.45) is 1.74. The van der Waals surface area contributed by atoms with Crippen molar-refractivity contribution in [2.75, 3.05) is 26.2 Å². The van der Waals surface area contributed by atoms with Crippen molar-refractivity contribution in [3.8, 4) is 0 Å². The lowest BCUT2D eigenvalue weighted by Crippen LogP contribution is -3.27. The molecular formula is C16H21FN2O+2. The van der Waals surface area contributed by atoms with E-state index in [1.165, 1.54) is 5.56 Å². The molecule has 1 saturated heterocycles. The highest BCUT2D eigenvalue weighted by atomic mass is 19.1. The quantitative estimate of drug-likeness (QED) is 0.800. The molecule has 3 nitrogen and oxygen atoms in total. The molecule has 0 bridgehead atoms. The number of hydrogen-bond acceptors (Lipinski definition) is 1. The van der Waals surface area contributed by atoms with Crippen molar-refractivity contribution in [2.45, 2.75) is 13.1 Å². The van der Waals surface area contributed by atoms with E-state index in [1.807, 2.05) is 24.3 Å². The van der Waals surface area contributed by atoms with Crippen LogP contribution in [0.5, 0.6) is 0 Å². The highest BCUT2D eigenvalue weighted by Crippen LogP contribution is 2.01. The minimum absolute atomic E-state index is 0.156. The van der Waals surface area contributed by atoms with Gasteiger partial charge in [-0.1, -0.05) is 12.1 Å². The van der Waals surface area contributed by atoms with Gasteiger partial charge in [-0.25, -0.2) is 4.39 Å². The van der Waals surface area contributed by atoms with Crippen LogP contribution in [0, 0.1) is 5.82 Å². The number of benzene rings is 1. The van der Waals surface area contributed by atoms with Crippen LogP contribution in [0.1, 0.15) is 11.3 Å². The van der Waals surface area contributed by atoms with E-state index in [-0.39, 0.29) is 5.82 Å². The Morgan fingerprint density at radius 3 is 2.15 bits per heavy atom. The summed E-state index contributed by atoms with van der Waals surface area (Å²) in [5, 5.41) is 0. The number of quaternary nitrogens is 2. The molecule has 0 radical (unpaired) electrons. The highest BCUT2D eigenvalue weighted by molar-refractivity contribution is 5.14. The lowest BCUT2D eigenvalue weighted by atomic mass is 10.2. The van der Waals surface area contributed by atoms with Gasteiger partial charge < -0.3 is 14.2 Å². The average molecular weight is 276 g/mol. The van der Waals surface area contributed by atoms with Crippen molar-refractivity contribution in [2.24, 2.45) is 0 Å². The maximum absolute atomic E-state index is 12.9. The van der Waals surface area contributed by atoms with Crippen LogP contribution in [0.4, 0.5) is 4.39 Å². The molecule has 0 unspecified atom stereocenters. The van der Waals surface area contributed by atoms with Gasteiger partial charge in [0.05, 0.1) is 6.26 Å². The molecule has 2 aromatic rings. The molecular weight excluding hydrogens is 255 g/mol. The fourth-order valence-electron chi connectivity index (χ4n) is 2.86. The Balaban J connectivity index is 1.47. The first-order chi connectivity index (χ1) is 9.79. The zero-order valence-electron chi connectivity index (χ0n) is 11.6. The van der Waals surface area contributed by atoms with Crippen LogP contribution >= 0.6 is 0 Å². The lowest BCUT2D eigenvalue weighted by Gasteiger charge is -2.29. The zero-order chi connectivity index (χ0) is 13.8. The van der Waals surface area contributed by atoms with Crippen molar-refractivity contribution in [1.29, 1.82) is 0 Å². The minimum atomic E-state index is -0.156. The highest BCUT2D eigenvalue weighted by Gasteiger charge is 2.23. The van der Waals surface area contributed by atoms with Crippen molar-refractivity contribution < 1.29 is 18.6 Å². The van der Waals surface area contributed by atoms with E-state index in [0.717, 1.165) is 45.0 Å². The van der Waals surface area contributed by atoms with Gasteiger partial charge in [-0.3, -0.25) is 0 Å². The van der Waals surface area contributed by atoms with E-state index in [2.05, 4.69) is 0 Å². The predicted molar refractivity (Wildman–Crippen MR) is 73.9 cm³/mol. The smallest absolute Gasteiger partial charge is 0.157 e. The molecule has 1 aromatic heterocycles. The molecule has 0 atom stereocenters. The Morgan fingerprint density at radius 2 is 1.55 bits per heavy atom. The number of furan rings is 1. The van der Waals surface area contributed by atoms with Gasteiger partial charge in [-0.2, -0.15) is 0 Å². The number of halogens is 1. The molecule has 2 heterocycles. The van der Waals surface area contributed by atoms with Gasteiger partial charge in [0.25, 0.3) is 0 Å². The lowest BCUT2D eigenvalue weighted by molar-refractivity contribution is -1.02. The summed E-state index contributed by atoms with van der Waals surface area (Å²) < 4.78 is 18.3. The minimum Gasteiger partial charge on any atom is -0.463 e. The third-order valence-electron chi connectivity index (χ3n) is 4.04. The van der Waals surface area contributed by atoms with Crippen LogP contribution in [-0.2, 0) is 13.1 Å². The summed E-state index contributed by atoms with van der Waals surface area (Å²) in [5.41, 5.74) is 1.22. The number of hydrogen-bond donors (Lipinski definition) is 2. The number of rotatable bonds is 4. The van der Waals surface area contributed by atoms with E-state index in [0.29, 0.717) is 0 Å². The normalized spacial score (nSPS) is 22.9. The summed E-state index contributed by atoms with van der Waals surface area (Å²) in [4.78, 5) is 3.17. The Bertz CT molecular complexity index is 516. The maximum Gasteiger partial charge on any atom is 0.157 e. The molecule has 0 saturated carbocycles. The summed E-state index contributed by atoms with van der Waals surface area (Å²) in [5.74, 6) is 0.915. The molecule has 20 heavy (non-hydrogen) atoms. The second-order valence-corrected chi connectivity index (χ2v) is 5.56. The van der Waals surface area contributed by atoms with Gasteiger partial charge in [0.2, 0.25) is 0 Å². The van der Waals surface area contributed by atoms with Gasteiger partial charge >= 0.3 is 0 Å². The first-order valence-electron chi connectivity index (χ1n) is 7.23. The fraction of sp³-hybridized carbons (Fsp3) is 0.375. The second kappa shape index (κ2) is 6.20. The summed E-state index contributed by atoms with van der Waals surface area (Å²) in [6, 6.07) is 10.9. The van der Waals surface area contributed by atoms with Crippen LogP contribution in [0.3, 0.4) is 0 Å². The summed E-state index contributed by atoms with van der Waals surface area (Å²) in [7, 11) is 0. The van der Waals surface area contributed by atoms with Gasteiger partial charge in [0.1, 0.15) is 45.1 Å². The molecule has 106 valence electrons. The van der Waals surface area contributed by atoms with E-state index in [9.17, 15) is 4.39 Å². The van der Waals surface area contributed by atoms with Crippen molar-refractivity contribution in [3.63, 3.8) is 0 Å². The van der Waals surface area contributed by atoms with Crippen LogP contribution < -0.4 is 9.80 Å². The molecule has 1 fully saturated rings. The average Bonchev–Trinajstić information content (AvgIpc) is 2.96. The SMILES string of the molecule is Fc1ccc(C[NH+]2CC[NH+](Cc3ccco3)CC2)cc1.